The molecule has 0 radical (unpaired) electrons. The number of carbonyl (C=O) groups is 2. The fraction of sp³-hybridized carbons (Fsp3) is 0.529. The molecule has 0 spiro atoms. The molecule has 2 rings (SSSR count). The Labute approximate surface area is 142 Å². The Bertz CT molecular complexity index is 565. The molecule has 1 atom stereocenters. The molecule has 2 amide bonds. The Hall–Kier alpha value is -2.12. The summed E-state index contributed by atoms with van der Waals surface area (Å²) in [4.78, 5) is 26.3. The zero-order valence-electron chi connectivity index (χ0n) is 14.2. The van der Waals surface area contributed by atoms with Crippen LogP contribution in [0.3, 0.4) is 0 Å². The number of hydrogen-bond acceptors (Lipinski definition) is 5. The summed E-state index contributed by atoms with van der Waals surface area (Å²) >= 11 is 0. The molecular formula is C17H25N3O4. The van der Waals surface area contributed by atoms with Crippen molar-refractivity contribution in [3.05, 3.63) is 29.8 Å². The first kappa shape index (κ1) is 18.2. The van der Waals surface area contributed by atoms with Gasteiger partial charge in [0.2, 0.25) is 11.8 Å². The standard InChI is InChI=1S/C17H25N3O4/c1-23-10-8-18-16(21)11-14-17(22)19-7-9-20(14)12-13-5-3-4-6-15(13)24-2/h3-6,14H,7-12H2,1-2H3,(H,18,21)(H,19,22)/t14-/m0/s1. The fourth-order valence-corrected chi connectivity index (χ4v) is 2.77. The molecule has 1 aromatic carbocycles. The molecule has 0 aromatic heterocycles. The number of benzene rings is 1. The molecule has 1 heterocycles. The van der Waals surface area contributed by atoms with Crippen LogP contribution < -0.4 is 15.4 Å². The van der Waals surface area contributed by atoms with Crippen molar-refractivity contribution in [2.45, 2.75) is 19.0 Å². The second kappa shape index (κ2) is 9.24. The van der Waals surface area contributed by atoms with Gasteiger partial charge in [-0.1, -0.05) is 18.2 Å². The maximum Gasteiger partial charge on any atom is 0.237 e. The first-order valence-corrected chi connectivity index (χ1v) is 8.05. The second-order valence-corrected chi connectivity index (χ2v) is 5.64. The molecule has 0 aliphatic carbocycles. The average Bonchev–Trinajstić information content (AvgIpc) is 2.58. The number of amides is 2. The van der Waals surface area contributed by atoms with Gasteiger partial charge in [0, 0.05) is 38.9 Å². The summed E-state index contributed by atoms with van der Waals surface area (Å²) in [6.45, 7) is 2.73. The maximum atomic E-state index is 12.2. The zero-order chi connectivity index (χ0) is 17.4. The maximum absolute atomic E-state index is 12.2. The Balaban J connectivity index is 2.03. The molecule has 1 aliphatic rings. The average molecular weight is 335 g/mol. The van der Waals surface area contributed by atoms with E-state index >= 15 is 0 Å². The second-order valence-electron chi connectivity index (χ2n) is 5.64. The van der Waals surface area contributed by atoms with Gasteiger partial charge in [0.25, 0.3) is 0 Å². The molecular weight excluding hydrogens is 310 g/mol. The SMILES string of the molecule is COCCNC(=O)C[C@H]1C(=O)NCCN1Cc1ccccc1OC. The van der Waals surface area contributed by atoms with Crippen molar-refractivity contribution in [2.75, 3.05) is 40.5 Å². The molecule has 0 bridgehead atoms. The molecule has 1 fully saturated rings. The highest BCUT2D eigenvalue weighted by Crippen LogP contribution is 2.21. The van der Waals surface area contributed by atoms with E-state index in [1.165, 1.54) is 0 Å². The van der Waals surface area contributed by atoms with E-state index in [1.54, 1.807) is 14.2 Å². The van der Waals surface area contributed by atoms with E-state index in [0.29, 0.717) is 32.8 Å². The van der Waals surface area contributed by atoms with Crippen LogP contribution in [0.2, 0.25) is 0 Å². The number of para-hydroxylation sites is 1. The van der Waals surface area contributed by atoms with Gasteiger partial charge in [-0.15, -0.1) is 0 Å². The van der Waals surface area contributed by atoms with Crippen LogP contribution in [-0.2, 0) is 20.9 Å². The summed E-state index contributed by atoms with van der Waals surface area (Å²) in [5, 5.41) is 5.60. The van der Waals surface area contributed by atoms with Gasteiger partial charge in [0.05, 0.1) is 26.2 Å². The third kappa shape index (κ3) is 4.94. The van der Waals surface area contributed by atoms with Gasteiger partial charge in [0.1, 0.15) is 5.75 Å². The van der Waals surface area contributed by atoms with Crippen molar-refractivity contribution < 1.29 is 19.1 Å². The molecule has 1 aromatic rings. The Morgan fingerprint density at radius 3 is 2.92 bits per heavy atom. The number of rotatable bonds is 8. The van der Waals surface area contributed by atoms with Gasteiger partial charge in [-0.25, -0.2) is 0 Å². The van der Waals surface area contributed by atoms with Crippen LogP contribution in [0.1, 0.15) is 12.0 Å². The molecule has 1 aliphatic heterocycles. The largest absolute Gasteiger partial charge is 0.496 e. The van der Waals surface area contributed by atoms with Crippen LogP contribution in [-0.4, -0.2) is 63.2 Å². The lowest BCUT2D eigenvalue weighted by atomic mass is 10.1. The molecule has 7 nitrogen and oxygen atoms in total. The van der Waals surface area contributed by atoms with Gasteiger partial charge < -0.3 is 20.1 Å². The number of ether oxygens (including phenoxy) is 2. The van der Waals surface area contributed by atoms with Crippen LogP contribution in [0, 0.1) is 0 Å². The highest BCUT2D eigenvalue weighted by molar-refractivity contribution is 5.88. The van der Waals surface area contributed by atoms with Gasteiger partial charge >= 0.3 is 0 Å². The van der Waals surface area contributed by atoms with E-state index in [0.717, 1.165) is 11.3 Å². The minimum Gasteiger partial charge on any atom is -0.496 e. The highest BCUT2D eigenvalue weighted by atomic mass is 16.5. The van der Waals surface area contributed by atoms with E-state index in [9.17, 15) is 9.59 Å². The van der Waals surface area contributed by atoms with Gasteiger partial charge in [-0.3, -0.25) is 14.5 Å². The predicted molar refractivity (Wildman–Crippen MR) is 89.7 cm³/mol. The minimum absolute atomic E-state index is 0.113. The summed E-state index contributed by atoms with van der Waals surface area (Å²) in [6, 6.07) is 7.24. The number of nitrogens with zero attached hydrogens (tertiary/aromatic N) is 1. The van der Waals surface area contributed by atoms with Crippen molar-refractivity contribution in [2.24, 2.45) is 0 Å². The van der Waals surface area contributed by atoms with Gasteiger partial charge in [-0.05, 0) is 6.07 Å². The van der Waals surface area contributed by atoms with Crippen molar-refractivity contribution in [3.63, 3.8) is 0 Å². The molecule has 0 unspecified atom stereocenters. The van der Waals surface area contributed by atoms with E-state index < -0.39 is 6.04 Å². The molecule has 2 N–H and O–H groups in total. The first-order chi connectivity index (χ1) is 11.7. The van der Waals surface area contributed by atoms with Crippen molar-refractivity contribution >= 4 is 11.8 Å². The number of piperazine rings is 1. The summed E-state index contributed by atoms with van der Waals surface area (Å²) < 4.78 is 10.3. The number of hydrogen-bond donors (Lipinski definition) is 2. The van der Waals surface area contributed by atoms with E-state index in [2.05, 4.69) is 10.6 Å². The third-order valence-electron chi connectivity index (χ3n) is 4.01. The smallest absolute Gasteiger partial charge is 0.237 e. The normalized spacial score (nSPS) is 18.1. The zero-order valence-corrected chi connectivity index (χ0v) is 14.2. The third-order valence-corrected chi connectivity index (χ3v) is 4.01. The lowest BCUT2D eigenvalue weighted by molar-refractivity contribution is -0.134. The van der Waals surface area contributed by atoms with Crippen LogP contribution in [0.25, 0.3) is 0 Å². The van der Waals surface area contributed by atoms with E-state index in [-0.39, 0.29) is 18.2 Å². The molecule has 7 heteroatoms. The first-order valence-electron chi connectivity index (χ1n) is 8.05. The van der Waals surface area contributed by atoms with Crippen LogP contribution >= 0.6 is 0 Å². The van der Waals surface area contributed by atoms with Crippen molar-refractivity contribution in [1.29, 1.82) is 0 Å². The van der Waals surface area contributed by atoms with Crippen molar-refractivity contribution in [1.82, 2.24) is 15.5 Å². The fourth-order valence-electron chi connectivity index (χ4n) is 2.77. The minimum atomic E-state index is -0.480. The Morgan fingerprint density at radius 1 is 1.38 bits per heavy atom. The molecule has 132 valence electrons. The van der Waals surface area contributed by atoms with Gasteiger partial charge in [0.15, 0.2) is 0 Å². The molecule has 1 saturated heterocycles. The quantitative estimate of drug-likeness (QED) is 0.661. The van der Waals surface area contributed by atoms with E-state index in [1.807, 2.05) is 29.2 Å². The summed E-state index contributed by atoms with van der Waals surface area (Å²) in [7, 11) is 3.21. The Morgan fingerprint density at radius 2 is 2.17 bits per heavy atom. The lowest BCUT2D eigenvalue weighted by Crippen LogP contribution is -2.56. The monoisotopic (exact) mass is 335 g/mol. The van der Waals surface area contributed by atoms with Crippen LogP contribution in [0.4, 0.5) is 0 Å². The number of methoxy groups -OCH3 is 2. The molecule has 24 heavy (non-hydrogen) atoms. The summed E-state index contributed by atoms with van der Waals surface area (Å²) in [5.41, 5.74) is 1.000. The lowest BCUT2D eigenvalue weighted by Gasteiger charge is -2.35. The predicted octanol–water partition coefficient (Wildman–Crippen LogP) is 0.148. The Kier molecular flexibility index (Phi) is 7.02. The summed E-state index contributed by atoms with van der Waals surface area (Å²) in [5.74, 6) is 0.518. The van der Waals surface area contributed by atoms with E-state index in [4.69, 9.17) is 9.47 Å². The highest BCUT2D eigenvalue weighted by Gasteiger charge is 2.31. The van der Waals surface area contributed by atoms with Crippen LogP contribution in [0.15, 0.2) is 24.3 Å². The van der Waals surface area contributed by atoms with Crippen LogP contribution in [0.5, 0.6) is 5.75 Å². The van der Waals surface area contributed by atoms with Crippen molar-refractivity contribution in [3.8, 4) is 5.75 Å². The van der Waals surface area contributed by atoms with Gasteiger partial charge in [-0.2, -0.15) is 0 Å². The molecule has 0 saturated carbocycles. The number of nitrogens with one attached hydrogen (secondary N) is 2. The topological polar surface area (TPSA) is 79.9 Å². The summed E-state index contributed by atoms with van der Waals surface area (Å²) in [6.07, 6.45) is 0.130. The number of carbonyl (C=O) groups excluding carboxylic acids is 2.